The molecule has 0 atom stereocenters. The van der Waals surface area contributed by atoms with Crippen LogP contribution in [-0.4, -0.2) is 31.4 Å². The van der Waals surface area contributed by atoms with Gasteiger partial charge in [0.05, 0.1) is 12.8 Å². The number of para-hydroxylation sites is 2. The van der Waals surface area contributed by atoms with Crippen LogP contribution >= 0.6 is 0 Å². The molecule has 142 valence electrons. The SMILES string of the molecule is COc1ccccc1NC(=O)CCN(C(C)=O)c1ccc(NC(C)=O)cc1. The molecule has 0 aliphatic heterocycles. The predicted molar refractivity (Wildman–Crippen MR) is 105 cm³/mol. The smallest absolute Gasteiger partial charge is 0.226 e. The minimum atomic E-state index is -0.222. The van der Waals surface area contributed by atoms with E-state index in [9.17, 15) is 14.4 Å². The Kier molecular flexibility index (Phi) is 6.93. The van der Waals surface area contributed by atoms with Gasteiger partial charge in [-0.1, -0.05) is 12.1 Å². The van der Waals surface area contributed by atoms with E-state index in [0.717, 1.165) is 0 Å². The third-order valence-corrected chi connectivity index (χ3v) is 3.82. The van der Waals surface area contributed by atoms with Gasteiger partial charge < -0.3 is 20.3 Å². The van der Waals surface area contributed by atoms with Crippen molar-refractivity contribution in [1.29, 1.82) is 0 Å². The Hall–Kier alpha value is -3.35. The third-order valence-electron chi connectivity index (χ3n) is 3.82. The molecule has 0 bridgehead atoms. The Labute approximate surface area is 158 Å². The van der Waals surface area contributed by atoms with Gasteiger partial charge in [0.1, 0.15) is 5.75 Å². The Morgan fingerprint density at radius 2 is 1.63 bits per heavy atom. The van der Waals surface area contributed by atoms with E-state index in [4.69, 9.17) is 4.74 Å². The fourth-order valence-corrected chi connectivity index (χ4v) is 2.57. The van der Waals surface area contributed by atoms with Gasteiger partial charge in [0, 0.05) is 38.2 Å². The number of ether oxygens (including phenoxy) is 1. The molecule has 2 aromatic carbocycles. The molecular weight excluding hydrogens is 346 g/mol. The lowest BCUT2D eigenvalue weighted by Gasteiger charge is -2.21. The van der Waals surface area contributed by atoms with Crippen LogP contribution in [0.4, 0.5) is 17.1 Å². The normalized spacial score (nSPS) is 10.0. The van der Waals surface area contributed by atoms with Crippen LogP contribution < -0.4 is 20.3 Å². The average molecular weight is 369 g/mol. The first-order chi connectivity index (χ1) is 12.9. The molecule has 0 aliphatic carbocycles. The van der Waals surface area contributed by atoms with Crippen LogP contribution in [0.1, 0.15) is 20.3 Å². The van der Waals surface area contributed by atoms with E-state index in [2.05, 4.69) is 10.6 Å². The number of carbonyl (C=O) groups is 3. The number of hydrogen-bond donors (Lipinski definition) is 2. The molecule has 2 rings (SSSR count). The third kappa shape index (κ3) is 5.85. The maximum Gasteiger partial charge on any atom is 0.226 e. The largest absolute Gasteiger partial charge is 0.495 e. The second-order valence-corrected chi connectivity index (χ2v) is 5.90. The van der Waals surface area contributed by atoms with E-state index in [1.165, 1.54) is 25.9 Å². The van der Waals surface area contributed by atoms with Crippen molar-refractivity contribution >= 4 is 34.8 Å². The van der Waals surface area contributed by atoms with Crippen molar-refractivity contribution < 1.29 is 19.1 Å². The summed E-state index contributed by atoms with van der Waals surface area (Å²) in [6.07, 6.45) is 0.130. The van der Waals surface area contributed by atoms with Crippen molar-refractivity contribution in [1.82, 2.24) is 0 Å². The van der Waals surface area contributed by atoms with Gasteiger partial charge in [-0.2, -0.15) is 0 Å². The fraction of sp³-hybridized carbons (Fsp3) is 0.250. The molecule has 0 saturated heterocycles. The van der Waals surface area contributed by atoms with E-state index in [-0.39, 0.29) is 30.7 Å². The second kappa shape index (κ2) is 9.38. The molecule has 0 aliphatic rings. The molecule has 0 fully saturated rings. The highest BCUT2D eigenvalue weighted by Gasteiger charge is 2.14. The molecule has 0 saturated carbocycles. The number of nitrogens with one attached hydrogen (secondary N) is 2. The molecule has 3 amide bonds. The molecule has 2 aromatic rings. The molecule has 0 heterocycles. The molecule has 0 aromatic heterocycles. The summed E-state index contributed by atoms with van der Waals surface area (Å²) in [4.78, 5) is 36.8. The zero-order chi connectivity index (χ0) is 19.8. The number of nitrogens with zero attached hydrogens (tertiary/aromatic N) is 1. The summed E-state index contributed by atoms with van der Waals surface area (Å²) in [6, 6.07) is 14.0. The quantitative estimate of drug-likeness (QED) is 0.785. The van der Waals surface area contributed by atoms with E-state index in [0.29, 0.717) is 22.8 Å². The van der Waals surface area contributed by atoms with Gasteiger partial charge in [-0.3, -0.25) is 14.4 Å². The fourth-order valence-electron chi connectivity index (χ4n) is 2.57. The van der Waals surface area contributed by atoms with Gasteiger partial charge in [-0.15, -0.1) is 0 Å². The molecule has 0 unspecified atom stereocenters. The number of amides is 3. The minimum absolute atomic E-state index is 0.130. The summed E-state index contributed by atoms with van der Waals surface area (Å²) in [6.45, 7) is 3.10. The maximum atomic E-state index is 12.3. The van der Waals surface area contributed by atoms with Crippen molar-refractivity contribution in [3.05, 3.63) is 48.5 Å². The first-order valence-corrected chi connectivity index (χ1v) is 8.49. The van der Waals surface area contributed by atoms with E-state index < -0.39 is 0 Å². The average Bonchev–Trinajstić information content (AvgIpc) is 2.63. The predicted octanol–water partition coefficient (Wildman–Crippen LogP) is 3.04. The van der Waals surface area contributed by atoms with Crippen molar-refractivity contribution in [2.24, 2.45) is 0 Å². The van der Waals surface area contributed by atoms with Crippen LogP contribution in [0.25, 0.3) is 0 Å². The van der Waals surface area contributed by atoms with Crippen LogP contribution in [0.15, 0.2) is 48.5 Å². The molecular formula is C20H23N3O4. The topological polar surface area (TPSA) is 87.7 Å². The Bertz CT molecular complexity index is 818. The summed E-state index contributed by atoms with van der Waals surface area (Å²) in [7, 11) is 1.53. The van der Waals surface area contributed by atoms with Gasteiger partial charge in [0.25, 0.3) is 0 Å². The van der Waals surface area contributed by atoms with E-state index in [1.54, 1.807) is 42.5 Å². The second-order valence-electron chi connectivity index (χ2n) is 5.90. The van der Waals surface area contributed by atoms with Crippen LogP contribution in [0.5, 0.6) is 5.75 Å². The first-order valence-electron chi connectivity index (χ1n) is 8.49. The number of carbonyl (C=O) groups excluding carboxylic acids is 3. The Balaban J connectivity index is 2.00. The lowest BCUT2D eigenvalue weighted by Crippen LogP contribution is -2.32. The maximum absolute atomic E-state index is 12.3. The zero-order valence-corrected chi connectivity index (χ0v) is 15.6. The van der Waals surface area contributed by atoms with Crippen LogP contribution in [0.2, 0.25) is 0 Å². The van der Waals surface area contributed by atoms with Crippen molar-refractivity contribution in [2.45, 2.75) is 20.3 Å². The number of methoxy groups -OCH3 is 1. The van der Waals surface area contributed by atoms with Crippen molar-refractivity contribution in [2.75, 3.05) is 29.2 Å². The van der Waals surface area contributed by atoms with Crippen LogP contribution in [0, 0.1) is 0 Å². The highest BCUT2D eigenvalue weighted by Crippen LogP contribution is 2.23. The number of rotatable bonds is 7. The van der Waals surface area contributed by atoms with Gasteiger partial charge in [-0.25, -0.2) is 0 Å². The van der Waals surface area contributed by atoms with E-state index in [1.807, 2.05) is 6.07 Å². The summed E-state index contributed by atoms with van der Waals surface area (Å²) >= 11 is 0. The van der Waals surface area contributed by atoms with Crippen LogP contribution in [-0.2, 0) is 14.4 Å². The van der Waals surface area contributed by atoms with Gasteiger partial charge in [0.2, 0.25) is 17.7 Å². The lowest BCUT2D eigenvalue weighted by atomic mass is 10.2. The minimum Gasteiger partial charge on any atom is -0.495 e. The molecule has 2 N–H and O–H groups in total. The van der Waals surface area contributed by atoms with Gasteiger partial charge in [-0.05, 0) is 36.4 Å². The first kappa shape index (κ1) is 20.0. The molecule has 27 heavy (non-hydrogen) atoms. The van der Waals surface area contributed by atoms with Crippen LogP contribution in [0.3, 0.4) is 0 Å². The summed E-state index contributed by atoms with van der Waals surface area (Å²) in [5.41, 5.74) is 1.88. The monoisotopic (exact) mass is 369 g/mol. The molecule has 7 nitrogen and oxygen atoms in total. The van der Waals surface area contributed by atoms with Gasteiger partial charge >= 0.3 is 0 Å². The number of hydrogen-bond acceptors (Lipinski definition) is 4. The number of anilines is 3. The molecule has 0 spiro atoms. The standard InChI is InChI=1S/C20H23N3O4/c1-14(24)21-16-8-10-17(11-9-16)23(15(2)25)13-12-20(26)22-18-6-4-5-7-19(18)27-3/h4-11H,12-13H2,1-3H3,(H,21,24)(H,22,26). The summed E-state index contributed by atoms with van der Waals surface area (Å²) < 4.78 is 5.21. The zero-order valence-electron chi connectivity index (χ0n) is 15.6. The van der Waals surface area contributed by atoms with Crippen molar-refractivity contribution in [3.63, 3.8) is 0 Å². The highest BCUT2D eigenvalue weighted by atomic mass is 16.5. The Morgan fingerprint density at radius 3 is 2.22 bits per heavy atom. The van der Waals surface area contributed by atoms with Crippen molar-refractivity contribution in [3.8, 4) is 5.75 Å². The molecule has 0 radical (unpaired) electrons. The number of benzene rings is 2. The van der Waals surface area contributed by atoms with Gasteiger partial charge in [0.15, 0.2) is 0 Å². The Morgan fingerprint density at radius 1 is 0.963 bits per heavy atom. The summed E-state index contributed by atoms with van der Waals surface area (Å²) in [5.74, 6) is 0.00926. The van der Waals surface area contributed by atoms with E-state index >= 15 is 0 Å². The lowest BCUT2D eigenvalue weighted by molar-refractivity contribution is -0.117. The summed E-state index contributed by atoms with van der Waals surface area (Å²) in [5, 5.41) is 5.46. The molecule has 7 heteroatoms. The highest BCUT2D eigenvalue weighted by molar-refractivity contribution is 5.96.